The second-order valence-corrected chi connectivity index (χ2v) is 5.74. The molecule has 1 amide bonds. The van der Waals surface area contributed by atoms with E-state index in [1.54, 1.807) is 0 Å². The van der Waals surface area contributed by atoms with Crippen molar-refractivity contribution in [3.8, 4) is 0 Å². The van der Waals surface area contributed by atoms with Crippen LogP contribution in [0.15, 0.2) is 0 Å². The zero-order chi connectivity index (χ0) is 12.4. The molecule has 2 rings (SSSR count). The van der Waals surface area contributed by atoms with E-state index in [0.29, 0.717) is 12.5 Å². The second kappa shape index (κ2) is 5.36. The van der Waals surface area contributed by atoms with Crippen LogP contribution in [0, 0.1) is 11.8 Å². The number of likely N-dealkylation sites (tertiary alicyclic amines) is 1. The van der Waals surface area contributed by atoms with Gasteiger partial charge in [0.1, 0.15) is 0 Å². The molecule has 0 bridgehead atoms. The van der Waals surface area contributed by atoms with Gasteiger partial charge >= 0.3 is 0 Å². The van der Waals surface area contributed by atoms with E-state index >= 15 is 0 Å². The van der Waals surface area contributed by atoms with E-state index < -0.39 is 0 Å². The summed E-state index contributed by atoms with van der Waals surface area (Å²) in [6.45, 7) is 3.46. The van der Waals surface area contributed by atoms with Gasteiger partial charge in [0.15, 0.2) is 0 Å². The number of β-amino-alcohol motifs (C(OH)–C–C–N with tert-alkyl or cyclic N) is 1. The van der Waals surface area contributed by atoms with Gasteiger partial charge in [0.2, 0.25) is 5.91 Å². The van der Waals surface area contributed by atoms with Crippen molar-refractivity contribution in [1.82, 2.24) is 4.90 Å². The number of piperidine rings is 1. The van der Waals surface area contributed by atoms with Crippen molar-refractivity contribution in [2.24, 2.45) is 17.6 Å². The first-order chi connectivity index (χ1) is 8.08. The van der Waals surface area contributed by atoms with Gasteiger partial charge in [-0.15, -0.1) is 0 Å². The number of hydrogen-bond acceptors (Lipinski definition) is 3. The lowest BCUT2D eigenvalue weighted by Crippen LogP contribution is -2.48. The Balaban J connectivity index is 1.94. The summed E-state index contributed by atoms with van der Waals surface area (Å²) in [5.41, 5.74) is 5.92. The molecule has 0 aromatic carbocycles. The van der Waals surface area contributed by atoms with Crippen LogP contribution in [0.5, 0.6) is 0 Å². The molecule has 4 unspecified atom stereocenters. The molecular formula is C13H24N2O2. The third-order valence-electron chi connectivity index (χ3n) is 4.24. The third kappa shape index (κ3) is 2.99. The quantitative estimate of drug-likeness (QED) is 0.710. The van der Waals surface area contributed by atoms with Crippen LogP contribution in [0.2, 0.25) is 0 Å². The molecule has 0 aromatic rings. The molecule has 1 saturated carbocycles. The highest BCUT2D eigenvalue weighted by molar-refractivity contribution is 5.79. The van der Waals surface area contributed by atoms with Crippen molar-refractivity contribution in [2.75, 3.05) is 13.1 Å². The lowest BCUT2D eigenvalue weighted by atomic mass is 9.77. The van der Waals surface area contributed by atoms with Crippen LogP contribution in [-0.2, 0) is 4.79 Å². The maximum Gasteiger partial charge on any atom is 0.226 e. The Kier molecular flexibility index (Phi) is 4.05. The van der Waals surface area contributed by atoms with Gasteiger partial charge in [-0.2, -0.15) is 0 Å². The van der Waals surface area contributed by atoms with E-state index in [0.717, 1.165) is 38.6 Å². The third-order valence-corrected chi connectivity index (χ3v) is 4.24. The van der Waals surface area contributed by atoms with Gasteiger partial charge in [-0.25, -0.2) is 0 Å². The number of nitrogens with zero attached hydrogens (tertiary/aromatic N) is 1. The highest BCUT2D eigenvalue weighted by Crippen LogP contribution is 2.31. The van der Waals surface area contributed by atoms with Crippen LogP contribution in [0.4, 0.5) is 0 Å². The molecule has 4 heteroatoms. The van der Waals surface area contributed by atoms with Crippen LogP contribution in [0.1, 0.15) is 39.0 Å². The van der Waals surface area contributed by atoms with Gasteiger partial charge in [-0.3, -0.25) is 4.79 Å². The lowest BCUT2D eigenvalue weighted by molar-refractivity contribution is -0.141. The van der Waals surface area contributed by atoms with Gasteiger partial charge in [0, 0.05) is 25.0 Å². The second-order valence-electron chi connectivity index (χ2n) is 5.74. The molecule has 1 heterocycles. The summed E-state index contributed by atoms with van der Waals surface area (Å²) < 4.78 is 0. The summed E-state index contributed by atoms with van der Waals surface area (Å²) >= 11 is 0. The minimum atomic E-state index is -0.325. The molecule has 1 aliphatic carbocycles. The Hall–Kier alpha value is -0.610. The molecule has 2 fully saturated rings. The number of amides is 1. The van der Waals surface area contributed by atoms with Crippen LogP contribution in [-0.4, -0.2) is 41.1 Å². The first-order valence-electron chi connectivity index (χ1n) is 6.80. The SMILES string of the molecule is CC1CC(N)CCC1C(=O)N1CCCC(O)C1. The number of nitrogens with two attached hydrogens (primary N) is 1. The van der Waals surface area contributed by atoms with Crippen molar-refractivity contribution in [3.63, 3.8) is 0 Å². The predicted octanol–water partition coefficient (Wildman–Crippen LogP) is 0.733. The van der Waals surface area contributed by atoms with Crippen molar-refractivity contribution >= 4 is 5.91 Å². The molecule has 17 heavy (non-hydrogen) atoms. The number of rotatable bonds is 1. The fourth-order valence-corrected chi connectivity index (χ4v) is 3.19. The molecule has 0 spiro atoms. The molecule has 3 N–H and O–H groups in total. The van der Waals surface area contributed by atoms with E-state index in [2.05, 4.69) is 6.92 Å². The number of hydrogen-bond donors (Lipinski definition) is 2. The summed E-state index contributed by atoms with van der Waals surface area (Å²) in [5, 5.41) is 9.62. The zero-order valence-electron chi connectivity index (χ0n) is 10.6. The maximum absolute atomic E-state index is 12.4. The van der Waals surface area contributed by atoms with Crippen molar-refractivity contribution in [3.05, 3.63) is 0 Å². The Bertz CT molecular complexity index is 283. The van der Waals surface area contributed by atoms with Gasteiger partial charge in [-0.1, -0.05) is 6.92 Å². The van der Waals surface area contributed by atoms with E-state index in [4.69, 9.17) is 5.73 Å². The Morgan fingerprint density at radius 2 is 2.12 bits per heavy atom. The highest BCUT2D eigenvalue weighted by atomic mass is 16.3. The molecule has 4 atom stereocenters. The fraction of sp³-hybridized carbons (Fsp3) is 0.923. The molecule has 4 nitrogen and oxygen atoms in total. The standard InChI is InChI=1S/C13H24N2O2/c1-9-7-10(14)4-5-12(9)13(17)15-6-2-3-11(16)8-15/h9-12,16H,2-8,14H2,1H3. The lowest BCUT2D eigenvalue weighted by Gasteiger charge is -2.37. The van der Waals surface area contributed by atoms with Gasteiger partial charge in [0.05, 0.1) is 6.10 Å². The zero-order valence-corrected chi connectivity index (χ0v) is 10.6. The van der Waals surface area contributed by atoms with Gasteiger partial charge < -0.3 is 15.7 Å². The van der Waals surface area contributed by atoms with Crippen LogP contribution in [0.3, 0.4) is 0 Å². The van der Waals surface area contributed by atoms with Crippen LogP contribution >= 0.6 is 0 Å². The number of aliphatic hydroxyl groups excluding tert-OH is 1. The average molecular weight is 240 g/mol. The molecule has 2 aliphatic rings. The Labute approximate surface area is 103 Å². The Morgan fingerprint density at radius 1 is 1.35 bits per heavy atom. The van der Waals surface area contributed by atoms with Crippen LogP contribution < -0.4 is 5.73 Å². The fourth-order valence-electron chi connectivity index (χ4n) is 3.19. The van der Waals surface area contributed by atoms with Gasteiger partial charge in [0.25, 0.3) is 0 Å². The van der Waals surface area contributed by atoms with Crippen LogP contribution in [0.25, 0.3) is 0 Å². The highest BCUT2D eigenvalue weighted by Gasteiger charge is 2.34. The Morgan fingerprint density at radius 3 is 2.76 bits per heavy atom. The smallest absolute Gasteiger partial charge is 0.226 e. The normalized spacial score (nSPS) is 39.1. The summed E-state index contributed by atoms with van der Waals surface area (Å²) in [7, 11) is 0. The van der Waals surface area contributed by atoms with E-state index in [1.165, 1.54) is 0 Å². The minimum absolute atomic E-state index is 0.125. The van der Waals surface area contributed by atoms with E-state index in [1.807, 2.05) is 4.90 Å². The molecule has 1 aliphatic heterocycles. The van der Waals surface area contributed by atoms with Crippen molar-refractivity contribution < 1.29 is 9.90 Å². The molecule has 0 aromatic heterocycles. The minimum Gasteiger partial charge on any atom is -0.391 e. The van der Waals surface area contributed by atoms with Crippen molar-refractivity contribution in [2.45, 2.75) is 51.2 Å². The number of carbonyl (C=O) groups is 1. The summed E-state index contributed by atoms with van der Waals surface area (Å²) in [6.07, 6.45) is 4.24. The summed E-state index contributed by atoms with van der Waals surface area (Å²) in [5.74, 6) is 0.744. The first kappa shape index (κ1) is 12.8. The largest absolute Gasteiger partial charge is 0.391 e. The molecule has 1 saturated heterocycles. The number of aliphatic hydroxyl groups is 1. The summed E-state index contributed by atoms with van der Waals surface area (Å²) in [4.78, 5) is 14.2. The monoisotopic (exact) mass is 240 g/mol. The summed E-state index contributed by atoms with van der Waals surface area (Å²) in [6, 6.07) is 0.265. The van der Waals surface area contributed by atoms with E-state index in [-0.39, 0.29) is 24.0 Å². The van der Waals surface area contributed by atoms with Gasteiger partial charge in [-0.05, 0) is 38.0 Å². The molecular weight excluding hydrogens is 216 g/mol. The average Bonchev–Trinajstić information content (AvgIpc) is 2.28. The topological polar surface area (TPSA) is 66.6 Å². The van der Waals surface area contributed by atoms with E-state index in [9.17, 15) is 9.90 Å². The first-order valence-corrected chi connectivity index (χ1v) is 6.80. The maximum atomic E-state index is 12.4. The molecule has 98 valence electrons. The predicted molar refractivity (Wildman–Crippen MR) is 66.3 cm³/mol. The molecule has 0 radical (unpaired) electrons. The number of carbonyl (C=O) groups excluding carboxylic acids is 1. The van der Waals surface area contributed by atoms with Crippen molar-refractivity contribution in [1.29, 1.82) is 0 Å².